The summed E-state index contributed by atoms with van der Waals surface area (Å²) >= 11 is 1.55. The molecule has 0 aromatic heterocycles. The van der Waals surface area contributed by atoms with E-state index in [0.717, 1.165) is 11.0 Å². The Morgan fingerprint density at radius 3 is 2.50 bits per heavy atom. The second-order valence-corrected chi connectivity index (χ2v) is 5.21. The summed E-state index contributed by atoms with van der Waals surface area (Å²) in [5.74, 6) is -1.61. The third-order valence-corrected chi connectivity index (χ3v) is 3.66. The van der Waals surface area contributed by atoms with Gasteiger partial charge in [0.2, 0.25) is 0 Å². The van der Waals surface area contributed by atoms with E-state index in [0.29, 0.717) is 11.8 Å². The molecule has 114 valence electrons. The van der Waals surface area contributed by atoms with E-state index >= 15 is 0 Å². The predicted octanol–water partition coefficient (Wildman–Crippen LogP) is 3.29. The minimum absolute atomic E-state index is 0.277. The zero-order valence-electron chi connectivity index (χ0n) is 11.5. The number of nitrogen functional groups attached to an aromatic ring is 1. The number of rotatable bonds is 4. The lowest BCUT2D eigenvalue weighted by atomic mass is 10.1. The molecule has 0 aliphatic rings. The molecule has 6 nitrogen and oxygen atoms in total. The van der Waals surface area contributed by atoms with Crippen molar-refractivity contribution in [2.75, 3.05) is 17.3 Å². The maximum Gasteiger partial charge on any atom is 0.295 e. The second-order valence-electron chi connectivity index (χ2n) is 4.33. The number of anilines is 2. The van der Waals surface area contributed by atoms with Crippen LogP contribution in [0, 0.1) is 15.9 Å². The van der Waals surface area contributed by atoms with Crippen molar-refractivity contribution in [1.29, 1.82) is 0 Å². The van der Waals surface area contributed by atoms with Crippen molar-refractivity contribution < 1.29 is 14.1 Å². The number of nitrogens with one attached hydrogen (secondary N) is 1. The third kappa shape index (κ3) is 3.34. The summed E-state index contributed by atoms with van der Waals surface area (Å²) in [5, 5.41) is 13.3. The second kappa shape index (κ2) is 6.44. The van der Waals surface area contributed by atoms with Gasteiger partial charge in [-0.25, -0.2) is 4.39 Å². The number of halogens is 1. The number of thioether (sulfide) groups is 1. The van der Waals surface area contributed by atoms with Crippen molar-refractivity contribution in [1.82, 2.24) is 0 Å². The minimum Gasteiger partial charge on any atom is -0.393 e. The number of nitrogens with zero attached hydrogens (tertiary/aromatic N) is 1. The Morgan fingerprint density at radius 2 is 1.95 bits per heavy atom. The topological polar surface area (TPSA) is 98.3 Å². The van der Waals surface area contributed by atoms with Gasteiger partial charge in [-0.3, -0.25) is 14.9 Å². The maximum atomic E-state index is 13.4. The predicted molar refractivity (Wildman–Crippen MR) is 83.6 cm³/mol. The average Bonchev–Trinajstić information content (AvgIpc) is 2.49. The molecular formula is C14H12FN3O3S. The molecule has 2 aromatic carbocycles. The van der Waals surface area contributed by atoms with E-state index in [1.54, 1.807) is 36.0 Å². The monoisotopic (exact) mass is 321 g/mol. The summed E-state index contributed by atoms with van der Waals surface area (Å²) in [6.07, 6.45) is 1.92. The number of benzene rings is 2. The fraction of sp³-hybridized carbons (Fsp3) is 0.0714. The molecule has 8 heteroatoms. The van der Waals surface area contributed by atoms with Crippen molar-refractivity contribution in [3.8, 4) is 0 Å². The largest absolute Gasteiger partial charge is 0.393 e. The molecule has 0 radical (unpaired) electrons. The average molecular weight is 321 g/mol. The van der Waals surface area contributed by atoms with Gasteiger partial charge < -0.3 is 11.1 Å². The first-order valence-electron chi connectivity index (χ1n) is 6.11. The van der Waals surface area contributed by atoms with Gasteiger partial charge in [0.05, 0.1) is 16.6 Å². The van der Waals surface area contributed by atoms with Crippen molar-refractivity contribution >= 4 is 34.7 Å². The van der Waals surface area contributed by atoms with Gasteiger partial charge in [-0.05, 0) is 36.6 Å². The van der Waals surface area contributed by atoms with Crippen LogP contribution in [0.1, 0.15) is 10.4 Å². The number of nitrogens with two attached hydrogens (primary N) is 1. The molecule has 1 amide bonds. The summed E-state index contributed by atoms with van der Waals surface area (Å²) in [4.78, 5) is 23.1. The molecule has 0 heterocycles. The zero-order valence-corrected chi connectivity index (χ0v) is 12.3. The standard InChI is InChI=1S/C14H12FN3O3S/c1-22-10-4-2-9(3-5-10)17-14(19)11-6-8(15)7-12(13(11)16)18(20)21/h2-7H,16H2,1H3,(H,17,19). The van der Waals surface area contributed by atoms with Crippen LogP contribution in [0.2, 0.25) is 0 Å². The molecule has 3 N–H and O–H groups in total. The van der Waals surface area contributed by atoms with E-state index < -0.39 is 22.3 Å². The fourth-order valence-electron chi connectivity index (χ4n) is 1.82. The Balaban J connectivity index is 2.30. The SMILES string of the molecule is CSc1ccc(NC(=O)c2cc(F)cc([N+](=O)[O-])c2N)cc1. The van der Waals surface area contributed by atoms with E-state index in [9.17, 15) is 19.3 Å². The first-order chi connectivity index (χ1) is 10.4. The number of nitro benzene ring substituents is 1. The first-order valence-corrected chi connectivity index (χ1v) is 7.33. The van der Waals surface area contributed by atoms with Crippen LogP contribution < -0.4 is 11.1 Å². The lowest BCUT2D eigenvalue weighted by Crippen LogP contribution is -2.15. The summed E-state index contributed by atoms with van der Waals surface area (Å²) in [6.45, 7) is 0. The van der Waals surface area contributed by atoms with Crippen LogP contribution in [-0.2, 0) is 0 Å². The van der Waals surface area contributed by atoms with Crippen LogP contribution in [0.25, 0.3) is 0 Å². The Labute approximate surface area is 129 Å². The number of hydrogen-bond acceptors (Lipinski definition) is 5. The van der Waals surface area contributed by atoms with Gasteiger partial charge in [-0.15, -0.1) is 11.8 Å². The summed E-state index contributed by atoms with van der Waals surface area (Å²) < 4.78 is 13.4. The lowest BCUT2D eigenvalue weighted by Gasteiger charge is -2.08. The summed E-state index contributed by atoms with van der Waals surface area (Å²) in [6, 6.07) is 8.50. The highest BCUT2D eigenvalue weighted by atomic mass is 32.2. The summed E-state index contributed by atoms with van der Waals surface area (Å²) in [7, 11) is 0. The van der Waals surface area contributed by atoms with Crippen molar-refractivity contribution in [3.05, 3.63) is 57.9 Å². The molecule has 2 aromatic rings. The zero-order chi connectivity index (χ0) is 16.3. The van der Waals surface area contributed by atoms with Crippen LogP contribution in [-0.4, -0.2) is 17.1 Å². The maximum absolute atomic E-state index is 13.4. The lowest BCUT2D eigenvalue weighted by molar-refractivity contribution is -0.384. The molecule has 22 heavy (non-hydrogen) atoms. The molecular weight excluding hydrogens is 309 g/mol. The first kappa shape index (κ1) is 15.8. The van der Waals surface area contributed by atoms with E-state index in [4.69, 9.17) is 5.73 Å². The van der Waals surface area contributed by atoms with Gasteiger partial charge in [0.25, 0.3) is 11.6 Å². The van der Waals surface area contributed by atoms with Crippen LogP contribution in [0.3, 0.4) is 0 Å². The minimum atomic E-state index is -0.899. The van der Waals surface area contributed by atoms with Gasteiger partial charge in [-0.1, -0.05) is 0 Å². The summed E-state index contributed by atoms with van der Waals surface area (Å²) in [5.41, 5.74) is 4.78. The number of amides is 1. The number of carbonyl (C=O) groups excluding carboxylic acids is 1. The van der Waals surface area contributed by atoms with Crippen LogP contribution in [0.15, 0.2) is 41.3 Å². The molecule has 0 atom stereocenters. The highest BCUT2D eigenvalue weighted by molar-refractivity contribution is 7.98. The molecule has 0 unspecified atom stereocenters. The Kier molecular flexibility index (Phi) is 4.62. The Bertz CT molecular complexity index is 735. The highest BCUT2D eigenvalue weighted by Crippen LogP contribution is 2.27. The molecule has 2 rings (SSSR count). The molecule has 0 saturated carbocycles. The van der Waals surface area contributed by atoms with E-state index in [1.807, 2.05) is 6.26 Å². The van der Waals surface area contributed by atoms with Gasteiger partial charge in [0, 0.05) is 10.6 Å². The van der Waals surface area contributed by atoms with E-state index in [-0.39, 0.29) is 11.3 Å². The Hall–Kier alpha value is -2.61. The fourth-order valence-corrected chi connectivity index (χ4v) is 2.22. The van der Waals surface area contributed by atoms with Crippen molar-refractivity contribution in [3.63, 3.8) is 0 Å². The molecule has 0 bridgehead atoms. The van der Waals surface area contributed by atoms with Crippen LogP contribution in [0.4, 0.5) is 21.5 Å². The van der Waals surface area contributed by atoms with Crippen molar-refractivity contribution in [2.24, 2.45) is 0 Å². The molecule has 0 aliphatic carbocycles. The normalized spacial score (nSPS) is 10.3. The third-order valence-electron chi connectivity index (χ3n) is 2.91. The molecule has 0 aliphatic heterocycles. The van der Waals surface area contributed by atoms with Gasteiger partial charge >= 0.3 is 0 Å². The number of carbonyl (C=O) groups is 1. The van der Waals surface area contributed by atoms with Crippen molar-refractivity contribution in [2.45, 2.75) is 4.90 Å². The van der Waals surface area contributed by atoms with Crippen LogP contribution in [0.5, 0.6) is 0 Å². The van der Waals surface area contributed by atoms with Gasteiger partial charge in [-0.2, -0.15) is 0 Å². The van der Waals surface area contributed by atoms with Crippen LogP contribution >= 0.6 is 11.8 Å². The number of nitro groups is 1. The van der Waals surface area contributed by atoms with E-state index in [1.165, 1.54) is 0 Å². The number of hydrogen-bond donors (Lipinski definition) is 2. The molecule has 0 fully saturated rings. The quantitative estimate of drug-likeness (QED) is 0.390. The van der Waals surface area contributed by atoms with E-state index in [2.05, 4.69) is 5.32 Å². The Morgan fingerprint density at radius 1 is 1.32 bits per heavy atom. The van der Waals surface area contributed by atoms with Gasteiger partial charge in [0.15, 0.2) is 0 Å². The smallest absolute Gasteiger partial charge is 0.295 e. The highest BCUT2D eigenvalue weighted by Gasteiger charge is 2.21. The molecule has 0 saturated heterocycles. The van der Waals surface area contributed by atoms with Gasteiger partial charge in [0.1, 0.15) is 11.5 Å². The molecule has 0 spiro atoms.